The minimum Gasteiger partial charge on any atom is -0.467 e. The number of para-hydroxylation sites is 1. The molecule has 2 rings (SSSR count). The fourth-order valence-corrected chi connectivity index (χ4v) is 2.73. The number of nitrogens with zero attached hydrogens (tertiary/aromatic N) is 1. The van der Waals surface area contributed by atoms with Gasteiger partial charge in [-0.25, -0.2) is 9.59 Å². The molecule has 2 atom stereocenters. The number of nitrogens with one attached hydrogen (secondary N) is 2. The third-order valence-corrected chi connectivity index (χ3v) is 4.54. The first-order valence-electron chi connectivity index (χ1n) is 9.03. The largest absolute Gasteiger partial charge is 0.467 e. The number of hydrogen-bond acceptors (Lipinski definition) is 7. The van der Waals surface area contributed by atoms with E-state index in [0.717, 1.165) is 4.57 Å². The van der Waals surface area contributed by atoms with E-state index in [1.165, 1.54) is 19.2 Å². The van der Waals surface area contributed by atoms with E-state index in [1.807, 2.05) is 6.92 Å². The molecular formula is C19H23N3O7. The van der Waals surface area contributed by atoms with Gasteiger partial charge in [-0.3, -0.25) is 23.9 Å². The fourth-order valence-electron chi connectivity index (χ4n) is 2.73. The van der Waals surface area contributed by atoms with E-state index in [9.17, 15) is 24.0 Å². The van der Waals surface area contributed by atoms with Crippen molar-refractivity contribution in [3.8, 4) is 0 Å². The van der Waals surface area contributed by atoms with Gasteiger partial charge in [-0.05, 0) is 18.1 Å². The molecule has 0 fully saturated rings. The average Bonchev–Trinajstić information content (AvgIpc) is 2.72. The molecule has 0 bridgehead atoms. The first-order chi connectivity index (χ1) is 13.8. The molecule has 2 unspecified atom stereocenters. The van der Waals surface area contributed by atoms with Crippen LogP contribution in [0.1, 0.15) is 20.3 Å². The number of carbonyl (C=O) groups is 3. The maximum absolute atomic E-state index is 12.1. The molecule has 2 aromatic rings. The van der Waals surface area contributed by atoms with E-state index in [4.69, 9.17) is 4.74 Å². The molecule has 0 saturated carbocycles. The number of rotatable bonds is 8. The van der Waals surface area contributed by atoms with Crippen LogP contribution in [0.4, 0.5) is 0 Å². The lowest BCUT2D eigenvalue weighted by Crippen LogP contribution is -2.47. The second-order valence-electron chi connectivity index (χ2n) is 6.48. The molecule has 1 aromatic carbocycles. The van der Waals surface area contributed by atoms with Crippen LogP contribution >= 0.6 is 0 Å². The summed E-state index contributed by atoms with van der Waals surface area (Å²) in [7, 11) is 1.22. The number of aromatic amines is 1. The molecule has 0 radical (unpaired) electrons. The lowest BCUT2D eigenvalue weighted by molar-refractivity contribution is -0.151. The van der Waals surface area contributed by atoms with Crippen molar-refractivity contribution in [2.75, 3.05) is 13.7 Å². The van der Waals surface area contributed by atoms with Crippen molar-refractivity contribution in [1.29, 1.82) is 0 Å². The van der Waals surface area contributed by atoms with Crippen molar-refractivity contribution in [3.63, 3.8) is 0 Å². The number of carbonyl (C=O) groups excluding carboxylic acids is 3. The maximum atomic E-state index is 12.1. The number of aromatic nitrogens is 2. The standard InChI is InChI=1S/C19H23N3O7/c1-4-11(2)16(18(26)28-3)20-14(23)10-29-15(24)9-22-13-8-6-5-7-12(13)17(25)21-19(22)27/h5-8,11,16H,4,9-10H2,1-3H3,(H,20,23)(H,21,25,27). The summed E-state index contributed by atoms with van der Waals surface area (Å²) < 4.78 is 10.6. The Morgan fingerprint density at radius 1 is 1.21 bits per heavy atom. The Labute approximate surface area is 165 Å². The second-order valence-corrected chi connectivity index (χ2v) is 6.48. The molecule has 10 nitrogen and oxygen atoms in total. The molecule has 0 aliphatic heterocycles. The van der Waals surface area contributed by atoms with Crippen molar-refractivity contribution >= 4 is 28.7 Å². The van der Waals surface area contributed by atoms with Crippen LogP contribution in [0.15, 0.2) is 33.9 Å². The van der Waals surface area contributed by atoms with Crippen LogP contribution < -0.4 is 16.6 Å². The summed E-state index contributed by atoms with van der Waals surface area (Å²) in [6.45, 7) is 2.52. The predicted octanol–water partition coefficient (Wildman–Crippen LogP) is -0.0631. The molecule has 29 heavy (non-hydrogen) atoms. The summed E-state index contributed by atoms with van der Waals surface area (Å²) in [5.74, 6) is -2.29. The number of ether oxygens (including phenoxy) is 2. The molecule has 1 amide bonds. The summed E-state index contributed by atoms with van der Waals surface area (Å²) in [4.78, 5) is 62.0. The zero-order valence-corrected chi connectivity index (χ0v) is 16.4. The third kappa shape index (κ3) is 5.31. The van der Waals surface area contributed by atoms with Crippen molar-refractivity contribution in [1.82, 2.24) is 14.9 Å². The van der Waals surface area contributed by atoms with Crippen LogP contribution in [0.25, 0.3) is 10.9 Å². The molecule has 0 spiro atoms. The van der Waals surface area contributed by atoms with Crippen molar-refractivity contribution in [3.05, 3.63) is 45.1 Å². The Kier molecular flexibility index (Phi) is 7.29. The molecule has 0 saturated heterocycles. The highest BCUT2D eigenvalue weighted by molar-refractivity contribution is 5.86. The van der Waals surface area contributed by atoms with Crippen molar-refractivity contribution in [2.24, 2.45) is 5.92 Å². The number of benzene rings is 1. The van der Waals surface area contributed by atoms with E-state index in [0.29, 0.717) is 6.42 Å². The zero-order chi connectivity index (χ0) is 21.6. The Bertz CT molecular complexity index is 1020. The van der Waals surface area contributed by atoms with E-state index in [1.54, 1.807) is 19.1 Å². The number of amides is 1. The van der Waals surface area contributed by atoms with Gasteiger partial charge < -0.3 is 14.8 Å². The van der Waals surface area contributed by atoms with Crippen LogP contribution in [-0.2, 0) is 30.4 Å². The van der Waals surface area contributed by atoms with Gasteiger partial charge >= 0.3 is 17.6 Å². The Morgan fingerprint density at radius 2 is 1.90 bits per heavy atom. The lowest BCUT2D eigenvalue weighted by Gasteiger charge is -2.21. The van der Waals surface area contributed by atoms with Gasteiger partial charge in [-0.15, -0.1) is 0 Å². The molecular weight excluding hydrogens is 382 g/mol. The number of esters is 2. The van der Waals surface area contributed by atoms with Crippen LogP contribution in [0, 0.1) is 5.92 Å². The number of methoxy groups -OCH3 is 1. The van der Waals surface area contributed by atoms with Crippen molar-refractivity contribution in [2.45, 2.75) is 32.9 Å². The summed E-state index contributed by atoms with van der Waals surface area (Å²) in [5, 5.41) is 2.72. The fraction of sp³-hybridized carbons (Fsp3) is 0.421. The van der Waals surface area contributed by atoms with Crippen LogP contribution in [-0.4, -0.2) is 47.2 Å². The molecule has 156 valence electrons. The normalized spacial score (nSPS) is 12.8. The highest BCUT2D eigenvalue weighted by atomic mass is 16.5. The van der Waals surface area contributed by atoms with Crippen LogP contribution in [0.5, 0.6) is 0 Å². The van der Waals surface area contributed by atoms with Crippen LogP contribution in [0.2, 0.25) is 0 Å². The number of hydrogen-bond donors (Lipinski definition) is 2. The third-order valence-electron chi connectivity index (χ3n) is 4.54. The maximum Gasteiger partial charge on any atom is 0.329 e. The van der Waals surface area contributed by atoms with Gasteiger partial charge in [0, 0.05) is 0 Å². The van der Waals surface area contributed by atoms with Gasteiger partial charge in [-0.2, -0.15) is 0 Å². The number of fused-ring (bicyclic) bond motifs is 1. The van der Waals surface area contributed by atoms with Gasteiger partial charge in [0.2, 0.25) is 0 Å². The second kappa shape index (κ2) is 9.67. The summed E-state index contributed by atoms with van der Waals surface area (Å²) in [6.07, 6.45) is 0.627. The molecule has 0 aliphatic carbocycles. The topological polar surface area (TPSA) is 137 Å². The predicted molar refractivity (Wildman–Crippen MR) is 103 cm³/mol. The van der Waals surface area contributed by atoms with Gasteiger partial charge in [0.25, 0.3) is 11.5 Å². The Balaban J connectivity index is 2.04. The lowest BCUT2D eigenvalue weighted by atomic mass is 9.99. The Morgan fingerprint density at radius 3 is 2.55 bits per heavy atom. The van der Waals surface area contributed by atoms with E-state index < -0.39 is 48.3 Å². The van der Waals surface area contributed by atoms with Gasteiger partial charge in [0.1, 0.15) is 12.6 Å². The smallest absolute Gasteiger partial charge is 0.329 e. The van der Waals surface area contributed by atoms with Crippen LogP contribution in [0.3, 0.4) is 0 Å². The first kappa shape index (κ1) is 21.9. The molecule has 1 aromatic heterocycles. The van der Waals surface area contributed by atoms with Gasteiger partial charge in [0.05, 0.1) is 18.0 Å². The Hall–Kier alpha value is -3.43. The summed E-state index contributed by atoms with van der Waals surface area (Å²) in [6, 6.07) is 5.44. The minimum absolute atomic E-state index is 0.173. The highest BCUT2D eigenvalue weighted by Gasteiger charge is 2.27. The zero-order valence-electron chi connectivity index (χ0n) is 16.4. The van der Waals surface area contributed by atoms with E-state index in [2.05, 4.69) is 15.0 Å². The van der Waals surface area contributed by atoms with Crippen molar-refractivity contribution < 1.29 is 23.9 Å². The first-order valence-corrected chi connectivity index (χ1v) is 9.03. The molecule has 1 heterocycles. The molecule has 2 N–H and O–H groups in total. The molecule has 10 heteroatoms. The average molecular weight is 405 g/mol. The van der Waals surface area contributed by atoms with E-state index in [-0.39, 0.29) is 16.8 Å². The van der Waals surface area contributed by atoms with E-state index >= 15 is 0 Å². The highest BCUT2D eigenvalue weighted by Crippen LogP contribution is 2.09. The quantitative estimate of drug-likeness (QED) is 0.587. The van der Waals surface area contributed by atoms with Gasteiger partial charge in [-0.1, -0.05) is 32.4 Å². The minimum atomic E-state index is -0.859. The number of H-pyrrole nitrogens is 1. The van der Waals surface area contributed by atoms with Gasteiger partial charge in [0.15, 0.2) is 6.61 Å². The monoisotopic (exact) mass is 405 g/mol. The molecule has 0 aliphatic rings. The summed E-state index contributed by atoms with van der Waals surface area (Å²) >= 11 is 0. The SMILES string of the molecule is CCC(C)C(NC(=O)COC(=O)Cn1c(=O)[nH]c(=O)c2ccccc21)C(=O)OC. The summed E-state index contributed by atoms with van der Waals surface area (Å²) in [5.41, 5.74) is -1.06.